The van der Waals surface area contributed by atoms with Gasteiger partial charge in [0.1, 0.15) is 11.5 Å². The lowest BCUT2D eigenvalue weighted by atomic mass is 10.0. The highest BCUT2D eigenvalue weighted by molar-refractivity contribution is 6.00. The molecule has 0 unspecified atom stereocenters. The van der Waals surface area contributed by atoms with Crippen LogP contribution in [0, 0.1) is 5.82 Å². The molecule has 4 heteroatoms. The van der Waals surface area contributed by atoms with E-state index in [1.807, 2.05) is 22.6 Å². The Balaban J connectivity index is 2.35. The topological polar surface area (TPSA) is 34.4 Å². The third-order valence-corrected chi connectivity index (χ3v) is 3.07. The van der Waals surface area contributed by atoms with Crippen molar-refractivity contribution in [3.8, 4) is 11.3 Å². The molecule has 0 bridgehead atoms. The second-order valence-corrected chi connectivity index (χ2v) is 4.31. The maximum absolute atomic E-state index is 13.5. The number of Topliss-reactive ketones (excluding diaryl/α,β-unsaturated/α-hetero) is 1. The van der Waals surface area contributed by atoms with E-state index in [1.54, 1.807) is 12.4 Å². The number of pyridine rings is 1. The van der Waals surface area contributed by atoms with E-state index in [4.69, 9.17) is 0 Å². The fraction of sp³-hybridized carbons (Fsp3) is 0.0667. The number of rotatable bonds is 2. The monoisotopic (exact) mass is 254 g/mol. The van der Waals surface area contributed by atoms with Crippen LogP contribution in [0.5, 0.6) is 0 Å². The zero-order valence-electron chi connectivity index (χ0n) is 10.3. The lowest BCUT2D eigenvalue weighted by Crippen LogP contribution is -2.00. The van der Waals surface area contributed by atoms with Gasteiger partial charge in [0.15, 0.2) is 5.78 Å². The maximum atomic E-state index is 13.5. The van der Waals surface area contributed by atoms with Crippen molar-refractivity contribution in [2.24, 2.45) is 0 Å². The van der Waals surface area contributed by atoms with Crippen LogP contribution in [0.4, 0.5) is 4.39 Å². The number of benzene rings is 1. The molecule has 0 saturated heterocycles. The van der Waals surface area contributed by atoms with Crippen LogP contribution in [0.25, 0.3) is 16.9 Å². The minimum absolute atomic E-state index is 0.0906. The molecule has 3 nitrogen and oxygen atoms in total. The first-order chi connectivity index (χ1) is 9.16. The van der Waals surface area contributed by atoms with Gasteiger partial charge in [-0.15, -0.1) is 0 Å². The largest absolute Gasteiger partial charge is 0.300 e. The van der Waals surface area contributed by atoms with Gasteiger partial charge >= 0.3 is 0 Å². The number of imidazole rings is 1. The summed E-state index contributed by atoms with van der Waals surface area (Å²) < 4.78 is 15.3. The molecular weight excluding hydrogens is 243 g/mol. The Kier molecular flexibility index (Phi) is 2.63. The van der Waals surface area contributed by atoms with E-state index in [2.05, 4.69) is 4.98 Å². The Morgan fingerprint density at radius 3 is 2.89 bits per heavy atom. The standard InChI is InChI=1S/C15H11FN2O/c1-10(19)12-6-5-11(16)9-13(12)14-3-2-4-15-17-7-8-18(14)15/h2-9H,1H3. The van der Waals surface area contributed by atoms with E-state index in [9.17, 15) is 9.18 Å². The molecule has 0 amide bonds. The number of carbonyl (C=O) groups is 1. The second kappa shape index (κ2) is 4.31. The normalized spacial score (nSPS) is 10.8. The number of carbonyl (C=O) groups excluding carboxylic acids is 1. The molecule has 2 heterocycles. The molecule has 0 radical (unpaired) electrons. The Morgan fingerprint density at radius 1 is 1.26 bits per heavy atom. The van der Waals surface area contributed by atoms with Gasteiger partial charge in [-0.05, 0) is 37.3 Å². The Morgan fingerprint density at radius 2 is 2.11 bits per heavy atom. The van der Waals surface area contributed by atoms with Crippen molar-refractivity contribution >= 4 is 11.4 Å². The molecule has 0 aliphatic carbocycles. The molecule has 0 N–H and O–H groups in total. The highest BCUT2D eigenvalue weighted by Gasteiger charge is 2.12. The first kappa shape index (κ1) is 11.6. The van der Waals surface area contributed by atoms with Crippen molar-refractivity contribution in [1.29, 1.82) is 0 Å². The van der Waals surface area contributed by atoms with Crippen molar-refractivity contribution < 1.29 is 9.18 Å². The van der Waals surface area contributed by atoms with Crippen LogP contribution >= 0.6 is 0 Å². The van der Waals surface area contributed by atoms with E-state index in [-0.39, 0.29) is 11.6 Å². The summed E-state index contributed by atoms with van der Waals surface area (Å²) in [5.41, 5.74) is 2.59. The van der Waals surface area contributed by atoms with E-state index in [0.717, 1.165) is 11.3 Å². The predicted molar refractivity (Wildman–Crippen MR) is 70.6 cm³/mol. The number of aromatic nitrogens is 2. The molecule has 3 aromatic rings. The summed E-state index contributed by atoms with van der Waals surface area (Å²) in [4.78, 5) is 15.9. The summed E-state index contributed by atoms with van der Waals surface area (Å²) in [6, 6.07) is 9.74. The first-order valence-corrected chi connectivity index (χ1v) is 5.90. The van der Waals surface area contributed by atoms with Crippen LogP contribution < -0.4 is 0 Å². The molecule has 0 saturated carbocycles. The Labute approximate surface area is 109 Å². The van der Waals surface area contributed by atoms with Crippen LogP contribution in [0.1, 0.15) is 17.3 Å². The second-order valence-electron chi connectivity index (χ2n) is 4.31. The molecule has 3 rings (SSSR count). The average molecular weight is 254 g/mol. The third kappa shape index (κ3) is 1.91. The van der Waals surface area contributed by atoms with Gasteiger partial charge in [-0.3, -0.25) is 9.20 Å². The van der Waals surface area contributed by atoms with Gasteiger partial charge in [0.2, 0.25) is 0 Å². The maximum Gasteiger partial charge on any atom is 0.160 e. The highest BCUT2D eigenvalue weighted by Crippen LogP contribution is 2.26. The van der Waals surface area contributed by atoms with Crippen molar-refractivity contribution in [2.75, 3.05) is 0 Å². The molecule has 0 aliphatic rings. The number of hydrogen-bond acceptors (Lipinski definition) is 2. The molecule has 0 spiro atoms. The molecule has 0 aliphatic heterocycles. The smallest absolute Gasteiger partial charge is 0.160 e. The first-order valence-electron chi connectivity index (χ1n) is 5.90. The van der Waals surface area contributed by atoms with E-state index in [0.29, 0.717) is 11.1 Å². The number of fused-ring (bicyclic) bond motifs is 1. The van der Waals surface area contributed by atoms with Crippen LogP contribution in [0.3, 0.4) is 0 Å². The van der Waals surface area contributed by atoms with Gasteiger partial charge in [-0.25, -0.2) is 9.37 Å². The van der Waals surface area contributed by atoms with E-state index in [1.165, 1.54) is 25.1 Å². The Bertz CT molecular complexity index is 777. The number of halogens is 1. The van der Waals surface area contributed by atoms with Crippen LogP contribution in [-0.4, -0.2) is 15.2 Å². The summed E-state index contributed by atoms with van der Waals surface area (Å²) >= 11 is 0. The van der Waals surface area contributed by atoms with Gasteiger partial charge in [-0.1, -0.05) is 6.07 Å². The zero-order chi connectivity index (χ0) is 13.4. The molecule has 0 atom stereocenters. The van der Waals surface area contributed by atoms with Gasteiger partial charge < -0.3 is 0 Å². The summed E-state index contributed by atoms with van der Waals surface area (Å²) in [5, 5.41) is 0. The molecule has 2 aromatic heterocycles. The molecule has 94 valence electrons. The quantitative estimate of drug-likeness (QED) is 0.657. The van der Waals surface area contributed by atoms with Crippen molar-refractivity contribution in [2.45, 2.75) is 6.92 Å². The van der Waals surface area contributed by atoms with Crippen molar-refractivity contribution in [1.82, 2.24) is 9.38 Å². The van der Waals surface area contributed by atoms with E-state index >= 15 is 0 Å². The highest BCUT2D eigenvalue weighted by atomic mass is 19.1. The van der Waals surface area contributed by atoms with Gasteiger partial charge in [0.25, 0.3) is 0 Å². The number of ketones is 1. The minimum Gasteiger partial charge on any atom is -0.300 e. The SMILES string of the molecule is CC(=O)c1ccc(F)cc1-c1cccc2nccn12. The van der Waals surface area contributed by atoms with Crippen LogP contribution in [0.2, 0.25) is 0 Å². The zero-order valence-corrected chi connectivity index (χ0v) is 10.3. The molecule has 19 heavy (non-hydrogen) atoms. The lowest BCUT2D eigenvalue weighted by molar-refractivity contribution is 0.101. The van der Waals surface area contributed by atoms with Gasteiger partial charge in [0.05, 0.1) is 5.69 Å². The Hall–Kier alpha value is -2.49. The fourth-order valence-corrected chi connectivity index (χ4v) is 2.20. The lowest BCUT2D eigenvalue weighted by Gasteiger charge is -2.10. The molecule has 0 fully saturated rings. The van der Waals surface area contributed by atoms with Gasteiger partial charge in [-0.2, -0.15) is 0 Å². The van der Waals surface area contributed by atoms with Crippen molar-refractivity contribution in [3.05, 3.63) is 60.2 Å². The van der Waals surface area contributed by atoms with E-state index < -0.39 is 0 Å². The average Bonchev–Trinajstić information content (AvgIpc) is 2.86. The number of hydrogen-bond donors (Lipinski definition) is 0. The van der Waals surface area contributed by atoms with Gasteiger partial charge in [0, 0.05) is 23.5 Å². The summed E-state index contributed by atoms with van der Waals surface area (Å²) in [6.07, 6.45) is 3.46. The minimum atomic E-state index is -0.364. The molecular formula is C15H11FN2O. The number of nitrogens with zero attached hydrogens (tertiary/aromatic N) is 2. The van der Waals surface area contributed by atoms with Crippen molar-refractivity contribution in [3.63, 3.8) is 0 Å². The summed E-state index contributed by atoms with van der Waals surface area (Å²) in [7, 11) is 0. The third-order valence-electron chi connectivity index (χ3n) is 3.07. The fourth-order valence-electron chi connectivity index (χ4n) is 2.20. The predicted octanol–water partition coefficient (Wildman–Crippen LogP) is 3.34. The summed E-state index contributed by atoms with van der Waals surface area (Å²) in [6.45, 7) is 1.48. The summed E-state index contributed by atoms with van der Waals surface area (Å²) in [5.74, 6) is -0.454. The molecule has 1 aromatic carbocycles. The van der Waals surface area contributed by atoms with Crippen LogP contribution in [0.15, 0.2) is 48.8 Å². The van der Waals surface area contributed by atoms with Crippen LogP contribution in [-0.2, 0) is 0 Å².